The summed E-state index contributed by atoms with van der Waals surface area (Å²) in [5, 5.41) is 10.9. The van der Waals surface area contributed by atoms with E-state index >= 15 is 0 Å². The van der Waals surface area contributed by atoms with Gasteiger partial charge < -0.3 is 9.84 Å². The van der Waals surface area contributed by atoms with Gasteiger partial charge in [-0.1, -0.05) is 6.07 Å². The number of aromatic nitrogens is 1. The normalized spacial score (nSPS) is 10.3. The summed E-state index contributed by atoms with van der Waals surface area (Å²) in [6.07, 6.45) is 0.495. The van der Waals surface area contributed by atoms with Gasteiger partial charge in [-0.3, -0.25) is 0 Å². The van der Waals surface area contributed by atoms with Crippen LogP contribution in [-0.4, -0.2) is 22.7 Å². The summed E-state index contributed by atoms with van der Waals surface area (Å²) in [7, 11) is 0. The molecule has 0 saturated heterocycles. The fraction of sp³-hybridized carbons (Fsp3) is 0.167. The van der Waals surface area contributed by atoms with Crippen molar-refractivity contribution in [3.8, 4) is 5.75 Å². The second-order valence-corrected chi connectivity index (χ2v) is 4.43. The van der Waals surface area contributed by atoms with Gasteiger partial charge in [0.2, 0.25) is 0 Å². The van der Waals surface area contributed by atoms with E-state index in [4.69, 9.17) is 9.84 Å². The highest BCUT2D eigenvalue weighted by Crippen LogP contribution is 2.14. The van der Waals surface area contributed by atoms with Crippen molar-refractivity contribution in [2.75, 3.05) is 6.61 Å². The van der Waals surface area contributed by atoms with Crippen molar-refractivity contribution in [1.82, 2.24) is 4.98 Å². The molecule has 2 aromatic rings. The predicted molar refractivity (Wildman–Crippen MR) is 64.7 cm³/mol. The van der Waals surface area contributed by atoms with Crippen molar-refractivity contribution in [1.29, 1.82) is 0 Å². The number of carboxylic acid groups (broad SMARTS) is 1. The predicted octanol–water partition coefficient (Wildman–Crippen LogP) is 2.60. The van der Waals surface area contributed by atoms with Gasteiger partial charge in [0, 0.05) is 17.9 Å². The van der Waals surface area contributed by atoms with E-state index in [9.17, 15) is 9.18 Å². The van der Waals surface area contributed by atoms with Crippen LogP contribution in [0.3, 0.4) is 0 Å². The van der Waals surface area contributed by atoms with Crippen LogP contribution in [-0.2, 0) is 6.42 Å². The van der Waals surface area contributed by atoms with E-state index in [0.717, 1.165) is 0 Å². The van der Waals surface area contributed by atoms with Crippen molar-refractivity contribution in [2.24, 2.45) is 0 Å². The average Bonchev–Trinajstić information content (AvgIpc) is 2.78. The molecule has 0 aliphatic carbocycles. The lowest BCUT2D eigenvalue weighted by molar-refractivity contribution is 0.0691. The Kier molecular flexibility index (Phi) is 3.88. The van der Waals surface area contributed by atoms with Crippen molar-refractivity contribution in [3.05, 3.63) is 46.2 Å². The molecule has 4 nitrogen and oxygen atoms in total. The maximum atomic E-state index is 12.9. The first-order valence-corrected chi connectivity index (χ1v) is 6.09. The molecule has 0 spiro atoms. The van der Waals surface area contributed by atoms with Crippen LogP contribution < -0.4 is 4.74 Å². The number of hydrogen-bond donors (Lipinski definition) is 1. The second-order valence-electron chi connectivity index (χ2n) is 3.49. The third-order valence-electron chi connectivity index (χ3n) is 2.15. The fourth-order valence-electron chi connectivity index (χ4n) is 1.34. The van der Waals surface area contributed by atoms with E-state index in [1.165, 1.54) is 28.8 Å². The average molecular weight is 267 g/mol. The number of carbonyl (C=O) groups is 1. The highest BCUT2D eigenvalue weighted by atomic mass is 32.1. The minimum Gasteiger partial charge on any atom is -0.493 e. The van der Waals surface area contributed by atoms with Crippen LogP contribution in [0.2, 0.25) is 0 Å². The van der Waals surface area contributed by atoms with E-state index in [1.54, 1.807) is 12.1 Å². The number of ether oxygens (including phenoxy) is 1. The zero-order valence-electron chi connectivity index (χ0n) is 9.30. The molecule has 1 N–H and O–H groups in total. The Hall–Kier alpha value is -1.95. The smallest absolute Gasteiger partial charge is 0.355 e. The highest BCUT2D eigenvalue weighted by molar-refractivity contribution is 7.09. The van der Waals surface area contributed by atoms with Crippen LogP contribution in [0.5, 0.6) is 5.75 Å². The lowest BCUT2D eigenvalue weighted by Crippen LogP contribution is -2.02. The molecule has 6 heteroatoms. The molecule has 2 rings (SSSR count). The number of hydrogen-bond acceptors (Lipinski definition) is 4. The molecule has 1 aromatic carbocycles. The van der Waals surface area contributed by atoms with Gasteiger partial charge in [0.15, 0.2) is 5.69 Å². The summed E-state index contributed by atoms with van der Waals surface area (Å²) in [6, 6.07) is 5.86. The number of aromatic carboxylic acids is 1. The Morgan fingerprint density at radius 3 is 3.00 bits per heavy atom. The first-order chi connectivity index (χ1) is 8.65. The van der Waals surface area contributed by atoms with Gasteiger partial charge in [0.25, 0.3) is 0 Å². The first-order valence-electron chi connectivity index (χ1n) is 5.21. The summed E-state index contributed by atoms with van der Waals surface area (Å²) in [5.74, 6) is -0.941. The maximum Gasteiger partial charge on any atom is 0.355 e. The van der Waals surface area contributed by atoms with Gasteiger partial charge in [-0.15, -0.1) is 11.3 Å². The molecule has 18 heavy (non-hydrogen) atoms. The minimum atomic E-state index is -1.04. The zero-order valence-corrected chi connectivity index (χ0v) is 10.1. The lowest BCUT2D eigenvalue weighted by atomic mass is 10.3. The monoisotopic (exact) mass is 267 g/mol. The van der Waals surface area contributed by atoms with Crippen LogP contribution in [0.15, 0.2) is 29.6 Å². The quantitative estimate of drug-likeness (QED) is 0.904. The topological polar surface area (TPSA) is 59.4 Å². The van der Waals surface area contributed by atoms with Crippen LogP contribution in [0.4, 0.5) is 4.39 Å². The number of benzene rings is 1. The number of nitrogens with zero attached hydrogens (tertiary/aromatic N) is 1. The van der Waals surface area contributed by atoms with Gasteiger partial charge in [-0.25, -0.2) is 14.2 Å². The molecule has 0 fully saturated rings. The fourth-order valence-corrected chi connectivity index (χ4v) is 2.09. The van der Waals surface area contributed by atoms with Gasteiger partial charge in [0.1, 0.15) is 11.6 Å². The van der Waals surface area contributed by atoms with E-state index < -0.39 is 5.97 Å². The molecule has 0 saturated carbocycles. The molecule has 0 bridgehead atoms. The SMILES string of the molecule is O=C(O)c1csc(CCOc2cccc(F)c2)n1. The second kappa shape index (κ2) is 5.59. The number of thiazole rings is 1. The Morgan fingerprint density at radius 1 is 1.50 bits per heavy atom. The molecule has 0 atom stereocenters. The van der Waals surface area contributed by atoms with Crippen molar-refractivity contribution in [2.45, 2.75) is 6.42 Å². The molecule has 0 unspecified atom stereocenters. The molecule has 0 amide bonds. The molecule has 0 aliphatic heterocycles. The molecule has 1 heterocycles. The molecule has 0 aliphatic rings. The maximum absolute atomic E-state index is 12.9. The van der Waals surface area contributed by atoms with Gasteiger partial charge in [-0.05, 0) is 12.1 Å². The summed E-state index contributed by atoms with van der Waals surface area (Å²) >= 11 is 1.27. The highest BCUT2D eigenvalue weighted by Gasteiger charge is 2.08. The van der Waals surface area contributed by atoms with Crippen molar-refractivity contribution >= 4 is 17.3 Å². The number of carboxylic acids is 1. The largest absolute Gasteiger partial charge is 0.493 e. The van der Waals surface area contributed by atoms with E-state index in [-0.39, 0.29) is 11.5 Å². The number of halogens is 1. The summed E-state index contributed by atoms with van der Waals surface area (Å²) < 4.78 is 18.2. The third kappa shape index (κ3) is 3.27. The van der Waals surface area contributed by atoms with Crippen molar-refractivity contribution < 1.29 is 19.0 Å². The molecule has 1 aromatic heterocycles. The van der Waals surface area contributed by atoms with E-state index in [1.807, 2.05) is 0 Å². The Balaban J connectivity index is 1.86. The first kappa shape index (κ1) is 12.5. The Labute approximate surface area is 107 Å². The van der Waals surface area contributed by atoms with Crippen molar-refractivity contribution in [3.63, 3.8) is 0 Å². The molecule has 0 radical (unpaired) electrons. The van der Waals surface area contributed by atoms with Gasteiger partial charge in [0.05, 0.1) is 11.6 Å². The zero-order chi connectivity index (χ0) is 13.0. The summed E-state index contributed by atoms with van der Waals surface area (Å²) in [6.45, 7) is 0.329. The molecule has 94 valence electrons. The van der Waals surface area contributed by atoms with Crippen LogP contribution in [0.1, 0.15) is 15.5 Å². The molecular weight excluding hydrogens is 257 g/mol. The standard InChI is InChI=1S/C12H10FNO3S/c13-8-2-1-3-9(6-8)17-5-4-11-14-10(7-18-11)12(15)16/h1-3,6-7H,4-5H2,(H,15,16). The number of rotatable bonds is 5. The van der Waals surface area contributed by atoms with Crippen LogP contribution in [0.25, 0.3) is 0 Å². The third-order valence-corrected chi connectivity index (χ3v) is 3.06. The molecular formula is C12H10FNO3S. The van der Waals surface area contributed by atoms with Gasteiger partial charge >= 0.3 is 5.97 Å². The lowest BCUT2D eigenvalue weighted by Gasteiger charge is -2.04. The summed E-state index contributed by atoms with van der Waals surface area (Å²) in [5.41, 5.74) is 0.0424. The van der Waals surface area contributed by atoms with E-state index in [0.29, 0.717) is 23.8 Å². The van der Waals surface area contributed by atoms with Crippen LogP contribution in [0, 0.1) is 5.82 Å². The minimum absolute atomic E-state index is 0.0424. The van der Waals surface area contributed by atoms with Crippen LogP contribution >= 0.6 is 11.3 Å². The van der Waals surface area contributed by atoms with Gasteiger partial charge in [-0.2, -0.15) is 0 Å². The van der Waals surface area contributed by atoms with E-state index in [2.05, 4.69) is 4.98 Å². The Morgan fingerprint density at radius 2 is 2.33 bits per heavy atom. The summed E-state index contributed by atoms with van der Waals surface area (Å²) in [4.78, 5) is 14.5. The Bertz CT molecular complexity index is 556.